The minimum Gasteiger partial charge on any atom is -0.396 e. The van der Waals surface area contributed by atoms with Crippen molar-refractivity contribution in [2.75, 3.05) is 19.8 Å². The summed E-state index contributed by atoms with van der Waals surface area (Å²) in [7, 11) is 0. The van der Waals surface area contributed by atoms with Crippen LogP contribution in [0.15, 0.2) is 0 Å². The van der Waals surface area contributed by atoms with E-state index >= 15 is 0 Å². The molecule has 0 fully saturated rings. The van der Waals surface area contributed by atoms with Crippen molar-refractivity contribution >= 4 is 0 Å². The van der Waals surface area contributed by atoms with Gasteiger partial charge in [0.2, 0.25) is 0 Å². The normalized spacial score (nSPS) is 12.0. The van der Waals surface area contributed by atoms with Gasteiger partial charge in [-0.15, -0.1) is 0 Å². The summed E-state index contributed by atoms with van der Waals surface area (Å²) in [6.45, 7) is 8.15. The number of hydrogen-bond acceptors (Lipinski definition) is 2. The van der Waals surface area contributed by atoms with Gasteiger partial charge in [-0.3, -0.25) is 0 Å². The monoisotopic (exact) mass is 216 g/mol. The summed E-state index contributed by atoms with van der Waals surface area (Å²) in [6.07, 6.45) is 6.97. The Morgan fingerprint density at radius 1 is 1.00 bits per heavy atom. The molecule has 0 saturated carbocycles. The molecule has 2 nitrogen and oxygen atoms in total. The van der Waals surface area contributed by atoms with Crippen LogP contribution in [0, 0.1) is 5.41 Å². The summed E-state index contributed by atoms with van der Waals surface area (Å²) in [6, 6.07) is 0. The maximum absolute atomic E-state index is 9.58. The van der Waals surface area contributed by atoms with Crippen LogP contribution in [0.5, 0.6) is 0 Å². The smallest absolute Gasteiger partial charge is 0.0544 e. The SMILES string of the molecule is CCCCC(CO)(CCCC)COCC. The Morgan fingerprint density at radius 2 is 1.53 bits per heavy atom. The van der Waals surface area contributed by atoms with E-state index in [-0.39, 0.29) is 12.0 Å². The largest absolute Gasteiger partial charge is 0.396 e. The number of rotatable bonds is 10. The Kier molecular flexibility index (Phi) is 9.12. The van der Waals surface area contributed by atoms with Crippen LogP contribution in [0.1, 0.15) is 59.3 Å². The highest BCUT2D eigenvalue weighted by Gasteiger charge is 2.28. The maximum atomic E-state index is 9.58. The number of aliphatic hydroxyl groups is 1. The average Bonchev–Trinajstić information content (AvgIpc) is 2.29. The van der Waals surface area contributed by atoms with E-state index in [1.807, 2.05) is 6.92 Å². The molecule has 0 spiro atoms. The molecule has 0 unspecified atom stereocenters. The molecule has 0 atom stereocenters. The van der Waals surface area contributed by atoms with Crippen molar-refractivity contribution in [3.8, 4) is 0 Å². The summed E-state index contributed by atoms with van der Waals surface area (Å²) in [5.41, 5.74) is 0.0298. The van der Waals surface area contributed by atoms with Gasteiger partial charge >= 0.3 is 0 Å². The van der Waals surface area contributed by atoms with E-state index in [1.54, 1.807) is 0 Å². The first kappa shape index (κ1) is 14.9. The molecule has 15 heavy (non-hydrogen) atoms. The molecule has 0 rings (SSSR count). The van der Waals surface area contributed by atoms with E-state index in [0.29, 0.717) is 0 Å². The molecule has 0 aliphatic heterocycles. The van der Waals surface area contributed by atoms with Gasteiger partial charge in [0.1, 0.15) is 0 Å². The zero-order valence-electron chi connectivity index (χ0n) is 10.7. The van der Waals surface area contributed by atoms with Crippen molar-refractivity contribution in [2.24, 2.45) is 5.41 Å². The fraction of sp³-hybridized carbons (Fsp3) is 1.00. The van der Waals surface area contributed by atoms with E-state index in [2.05, 4.69) is 13.8 Å². The second-order valence-electron chi connectivity index (χ2n) is 4.50. The third-order valence-electron chi connectivity index (χ3n) is 3.07. The minimum atomic E-state index is 0.0298. The average molecular weight is 216 g/mol. The molecule has 0 aliphatic rings. The van der Waals surface area contributed by atoms with Gasteiger partial charge in [-0.05, 0) is 19.8 Å². The van der Waals surface area contributed by atoms with Crippen LogP contribution in [0.2, 0.25) is 0 Å². The number of aliphatic hydroxyl groups excluding tert-OH is 1. The lowest BCUT2D eigenvalue weighted by Gasteiger charge is -2.31. The van der Waals surface area contributed by atoms with Crippen molar-refractivity contribution < 1.29 is 9.84 Å². The van der Waals surface area contributed by atoms with Crippen molar-refractivity contribution in [2.45, 2.75) is 59.3 Å². The Balaban J connectivity index is 4.16. The molecule has 0 aromatic heterocycles. The third-order valence-corrected chi connectivity index (χ3v) is 3.07. The Bertz CT molecular complexity index is 113. The molecule has 0 saturated heterocycles. The van der Waals surface area contributed by atoms with Crippen molar-refractivity contribution in [3.05, 3.63) is 0 Å². The van der Waals surface area contributed by atoms with Crippen molar-refractivity contribution in [3.63, 3.8) is 0 Å². The molecule has 0 aromatic rings. The zero-order chi connectivity index (χ0) is 11.6. The lowest BCUT2D eigenvalue weighted by atomic mass is 9.79. The molecule has 1 N–H and O–H groups in total. The Hall–Kier alpha value is -0.0800. The first-order valence-corrected chi connectivity index (χ1v) is 6.43. The predicted molar refractivity (Wildman–Crippen MR) is 65.1 cm³/mol. The Morgan fingerprint density at radius 3 is 1.87 bits per heavy atom. The van der Waals surface area contributed by atoms with Crippen LogP contribution in [0.4, 0.5) is 0 Å². The van der Waals surface area contributed by atoms with E-state index in [1.165, 1.54) is 25.7 Å². The van der Waals surface area contributed by atoms with Crippen LogP contribution in [-0.4, -0.2) is 24.9 Å². The standard InChI is InChI=1S/C13H28O2/c1-4-7-9-13(11-14,10-8-5-2)12-15-6-3/h14H,4-12H2,1-3H3. The highest BCUT2D eigenvalue weighted by molar-refractivity contribution is 4.78. The molecule has 0 aliphatic carbocycles. The van der Waals surface area contributed by atoms with Gasteiger partial charge < -0.3 is 9.84 Å². The number of unbranched alkanes of at least 4 members (excludes halogenated alkanes) is 2. The summed E-state index contributed by atoms with van der Waals surface area (Å²) in [4.78, 5) is 0. The van der Waals surface area contributed by atoms with Gasteiger partial charge in [-0.2, -0.15) is 0 Å². The van der Waals surface area contributed by atoms with Gasteiger partial charge in [-0.1, -0.05) is 39.5 Å². The lowest BCUT2D eigenvalue weighted by Crippen LogP contribution is -2.31. The quantitative estimate of drug-likeness (QED) is 0.606. The molecule has 0 amide bonds. The fourth-order valence-electron chi connectivity index (χ4n) is 1.90. The third kappa shape index (κ3) is 6.16. The molecule has 0 heterocycles. The second kappa shape index (κ2) is 9.17. The summed E-state index contributed by atoms with van der Waals surface area (Å²) in [5.74, 6) is 0. The predicted octanol–water partition coefficient (Wildman–Crippen LogP) is 3.38. The van der Waals surface area contributed by atoms with Crippen molar-refractivity contribution in [1.29, 1.82) is 0 Å². The maximum Gasteiger partial charge on any atom is 0.0544 e. The highest BCUT2D eigenvalue weighted by Crippen LogP contribution is 2.31. The number of ether oxygens (including phenoxy) is 1. The molecule has 0 aromatic carbocycles. The van der Waals surface area contributed by atoms with E-state index in [9.17, 15) is 5.11 Å². The van der Waals surface area contributed by atoms with Gasteiger partial charge in [0.05, 0.1) is 13.2 Å². The van der Waals surface area contributed by atoms with E-state index in [0.717, 1.165) is 26.1 Å². The van der Waals surface area contributed by atoms with Gasteiger partial charge in [0, 0.05) is 12.0 Å². The number of hydrogen-bond donors (Lipinski definition) is 1. The van der Waals surface area contributed by atoms with Crippen LogP contribution in [-0.2, 0) is 4.74 Å². The lowest BCUT2D eigenvalue weighted by molar-refractivity contribution is -0.00281. The first-order chi connectivity index (χ1) is 7.24. The summed E-state index contributed by atoms with van der Waals surface area (Å²) in [5, 5.41) is 9.58. The van der Waals surface area contributed by atoms with E-state index < -0.39 is 0 Å². The molecular formula is C13H28O2. The van der Waals surface area contributed by atoms with Crippen LogP contribution in [0.3, 0.4) is 0 Å². The van der Waals surface area contributed by atoms with E-state index in [4.69, 9.17) is 4.74 Å². The molecule has 92 valence electrons. The molecule has 0 radical (unpaired) electrons. The van der Waals surface area contributed by atoms with Crippen LogP contribution >= 0.6 is 0 Å². The minimum absolute atomic E-state index is 0.0298. The van der Waals surface area contributed by atoms with Crippen LogP contribution < -0.4 is 0 Å². The Labute approximate surface area is 95.0 Å². The van der Waals surface area contributed by atoms with Gasteiger partial charge in [0.15, 0.2) is 0 Å². The fourth-order valence-corrected chi connectivity index (χ4v) is 1.90. The first-order valence-electron chi connectivity index (χ1n) is 6.43. The summed E-state index contributed by atoms with van der Waals surface area (Å²) < 4.78 is 5.52. The van der Waals surface area contributed by atoms with Crippen LogP contribution in [0.25, 0.3) is 0 Å². The highest BCUT2D eigenvalue weighted by atomic mass is 16.5. The molecule has 0 bridgehead atoms. The van der Waals surface area contributed by atoms with Gasteiger partial charge in [0.25, 0.3) is 0 Å². The molecule has 2 heteroatoms. The topological polar surface area (TPSA) is 29.5 Å². The molecular weight excluding hydrogens is 188 g/mol. The van der Waals surface area contributed by atoms with Crippen molar-refractivity contribution in [1.82, 2.24) is 0 Å². The van der Waals surface area contributed by atoms with Gasteiger partial charge in [-0.25, -0.2) is 0 Å². The summed E-state index contributed by atoms with van der Waals surface area (Å²) >= 11 is 0. The zero-order valence-corrected chi connectivity index (χ0v) is 10.7. The second-order valence-corrected chi connectivity index (χ2v) is 4.50.